The molecular formula is C20H31N3O. The SMILES string of the molecule is CC(C(=O)N1CCCC(N)C1)N1CCC(Cc2ccccc2)CC1. The van der Waals surface area contributed by atoms with Crippen molar-refractivity contribution in [3.63, 3.8) is 0 Å². The Hall–Kier alpha value is -1.39. The zero-order chi connectivity index (χ0) is 16.9. The van der Waals surface area contributed by atoms with Crippen LogP contribution in [0, 0.1) is 5.92 Å². The minimum atomic E-state index is -0.00650. The molecule has 4 heteroatoms. The first-order valence-electron chi connectivity index (χ1n) is 9.46. The second-order valence-corrected chi connectivity index (χ2v) is 7.53. The van der Waals surface area contributed by atoms with E-state index in [0.717, 1.165) is 51.4 Å². The van der Waals surface area contributed by atoms with Crippen molar-refractivity contribution in [1.82, 2.24) is 9.80 Å². The highest BCUT2D eigenvalue weighted by Gasteiger charge is 2.31. The molecule has 0 spiro atoms. The second kappa shape index (κ2) is 8.13. The average molecular weight is 329 g/mol. The van der Waals surface area contributed by atoms with Crippen LogP contribution in [0.25, 0.3) is 0 Å². The molecule has 2 unspecified atom stereocenters. The third kappa shape index (κ3) is 4.37. The summed E-state index contributed by atoms with van der Waals surface area (Å²) in [6.45, 7) is 5.74. The van der Waals surface area contributed by atoms with Crippen LogP contribution in [0.15, 0.2) is 30.3 Å². The van der Waals surface area contributed by atoms with Crippen LogP contribution < -0.4 is 5.73 Å². The van der Waals surface area contributed by atoms with Gasteiger partial charge in [0.1, 0.15) is 0 Å². The van der Waals surface area contributed by atoms with Gasteiger partial charge in [-0.1, -0.05) is 30.3 Å². The van der Waals surface area contributed by atoms with Gasteiger partial charge in [-0.2, -0.15) is 0 Å². The van der Waals surface area contributed by atoms with Gasteiger partial charge in [0.2, 0.25) is 5.91 Å². The third-order valence-electron chi connectivity index (χ3n) is 5.69. The molecule has 132 valence electrons. The predicted octanol–water partition coefficient (Wildman–Crippen LogP) is 2.28. The van der Waals surface area contributed by atoms with Crippen molar-refractivity contribution in [3.05, 3.63) is 35.9 Å². The predicted molar refractivity (Wildman–Crippen MR) is 97.7 cm³/mol. The topological polar surface area (TPSA) is 49.6 Å². The molecule has 2 atom stereocenters. The van der Waals surface area contributed by atoms with Crippen LogP contribution in [0.5, 0.6) is 0 Å². The van der Waals surface area contributed by atoms with E-state index in [1.807, 2.05) is 4.90 Å². The van der Waals surface area contributed by atoms with Gasteiger partial charge in [0.25, 0.3) is 0 Å². The molecule has 2 heterocycles. The Bertz CT molecular complexity index is 525. The number of nitrogens with two attached hydrogens (primary N) is 1. The number of likely N-dealkylation sites (tertiary alicyclic amines) is 2. The Morgan fingerprint density at radius 3 is 2.54 bits per heavy atom. The van der Waals surface area contributed by atoms with E-state index in [0.29, 0.717) is 0 Å². The lowest BCUT2D eigenvalue weighted by Crippen LogP contribution is -2.54. The first kappa shape index (κ1) is 17.4. The highest BCUT2D eigenvalue weighted by Crippen LogP contribution is 2.23. The molecule has 0 aromatic heterocycles. The van der Waals surface area contributed by atoms with Gasteiger partial charge >= 0.3 is 0 Å². The van der Waals surface area contributed by atoms with Crippen molar-refractivity contribution in [2.45, 2.75) is 51.1 Å². The quantitative estimate of drug-likeness (QED) is 0.922. The molecule has 1 amide bonds. The molecule has 2 aliphatic heterocycles. The number of carbonyl (C=O) groups excluding carboxylic acids is 1. The van der Waals surface area contributed by atoms with Crippen LogP contribution in [-0.2, 0) is 11.2 Å². The van der Waals surface area contributed by atoms with E-state index in [2.05, 4.69) is 42.2 Å². The fourth-order valence-corrected chi connectivity index (χ4v) is 4.12. The number of nitrogens with zero attached hydrogens (tertiary/aromatic N) is 2. The Morgan fingerprint density at radius 1 is 1.17 bits per heavy atom. The molecule has 0 saturated carbocycles. The van der Waals surface area contributed by atoms with Crippen LogP contribution in [0.4, 0.5) is 0 Å². The summed E-state index contributed by atoms with van der Waals surface area (Å²) in [6.07, 6.45) is 5.62. The monoisotopic (exact) mass is 329 g/mol. The Balaban J connectivity index is 1.48. The summed E-state index contributed by atoms with van der Waals surface area (Å²) in [4.78, 5) is 17.1. The standard InChI is InChI=1S/C20H31N3O/c1-16(20(24)23-11-5-8-19(21)15-23)22-12-9-18(10-13-22)14-17-6-3-2-4-7-17/h2-4,6-7,16,18-19H,5,8-15,21H2,1H3. The van der Waals surface area contributed by atoms with E-state index >= 15 is 0 Å². The lowest BCUT2D eigenvalue weighted by molar-refractivity contribution is -0.138. The van der Waals surface area contributed by atoms with Gasteiger partial charge in [-0.15, -0.1) is 0 Å². The molecule has 2 fully saturated rings. The van der Waals surface area contributed by atoms with E-state index in [1.165, 1.54) is 18.4 Å². The van der Waals surface area contributed by atoms with Crippen LogP contribution in [0.2, 0.25) is 0 Å². The van der Waals surface area contributed by atoms with Crippen molar-refractivity contribution in [2.75, 3.05) is 26.2 Å². The third-order valence-corrected chi connectivity index (χ3v) is 5.69. The number of carbonyl (C=O) groups is 1. The number of rotatable bonds is 4. The van der Waals surface area contributed by atoms with Crippen molar-refractivity contribution < 1.29 is 4.79 Å². The van der Waals surface area contributed by atoms with Crippen LogP contribution in [0.1, 0.15) is 38.2 Å². The van der Waals surface area contributed by atoms with Crippen molar-refractivity contribution in [3.8, 4) is 0 Å². The number of piperidine rings is 2. The van der Waals surface area contributed by atoms with Crippen LogP contribution >= 0.6 is 0 Å². The Kier molecular flexibility index (Phi) is 5.90. The summed E-state index contributed by atoms with van der Waals surface area (Å²) in [5.74, 6) is 1.01. The van der Waals surface area contributed by atoms with Gasteiger partial charge in [-0.05, 0) is 63.6 Å². The maximum Gasteiger partial charge on any atom is 0.239 e. The maximum atomic E-state index is 12.7. The molecule has 24 heavy (non-hydrogen) atoms. The number of benzene rings is 1. The lowest BCUT2D eigenvalue weighted by atomic mass is 9.89. The normalized spacial score (nSPS) is 24.8. The molecule has 1 aromatic rings. The van der Waals surface area contributed by atoms with Gasteiger partial charge in [0.05, 0.1) is 6.04 Å². The fourth-order valence-electron chi connectivity index (χ4n) is 4.12. The molecule has 2 saturated heterocycles. The molecule has 0 aliphatic carbocycles. The average Bonchev–Trinajstić information content (AvgIpc) is 2.62. The van der Waals surface area contributed by atoms with Crippen molar-refractivity contribution in [1.29, 1.82) is 0 Å². The Labute approximate surface area is 146 Å². The minimum absolute atomic E-state index is 0.00650. The summed E-state index contributed by atoms with van der Waals surface area (Å²) in [5.41, 5.74) is 7.46. The first-order chi connectivity index (χ1) is 11.6. The van der Waals surface area contributed by atoms with E-state index in [9.17, 15) is 4.79 Å². The van der Waals surface area contributed by atoms with Crippen molar-refractivity contribution >= 4 is 5.91 Å². The molecule has 0 bridgehead atoms. The summed E-state index contributed by atoms with van der Waals surface area (Å²) in [6, 6.07) is 10.9. The largest absolute Gasteiger partial charge is 0.340 e. The smallest absolute Gasteiger partial charge is 0.239 e. The van der Waals surface area contributed by atoms with E-state index in [1.54, 1.807) is 0 Å². The molecule has 2 aliphatic rings. The van der Waals surface area contributed by atoms with Gasteiger partial charge in [-0.3, -0.25) is 9.69 Å². The van der Waals surface area contributed by atoms with Crippen molar-refractivity contribution in [2.24, 2.45) is 11.7 Å². The number of hydrogen-bond acceptors (Lipinski definition) is 3. The Morgan fingerprint density at radius 2 is 1.88 bits per heavy atom. The first-order valence-corrected chi connectivity index (χ1v) is 9.46. The highest BCUT2D eigenvalue weighted by molar-refractivity contribution is 5.81. The van der Waals surface area contributed by atoms with Gasteiger partial charge in [-0.25, -0.2) is 0 Å². The molecule has 4 nitrogen and oxygen atoms in total. The molecule has 1 aromatic carbocycles. The van der Waals surface area contributed by atoms with Crippen LogP contribution in [-0.4, -0.2) is 54.0 Å². The highest BCUT2D eigenvalue weighted by atomic mass is 16.2. The van der Waals surface area contributed by atoms with E-state index in [4.69, 9.17) is 5.73 Å². The number of hydrogen-bond donors (Lipinski definition) is 1. The minimum Gasteiger partial charge on any atom is -0.340 e. The molecule has 0 radical (unpaired) electrons. The molecule has 3 rings (SSSR count). The maximum absolute atomic E-state index is 12.7. The van der Waals surface area contributed by atoms with E-state index in [-0.39, 0.29) is 18.0 Å². The summed E-state index contributed by atoms with van der Waals surface area (Å²) >= 11 is 0. The van der Waals surface area contributed by atoms with Crippen LogP contribution in [0.3, 0.4) is 0 Å². The fraction of sp³-hybridized carbons (Fsp3) is 0.650. The zero-order valence-electron chi connectivity index (χ0n) is 14.9. The molecule has 2 N–H and O–H groups in total. The second-order valence-electron chi connectivity index (χ2n) is 7.53. The summed E-state index contributed by atoms with van der Waals surface area (Å²) in [7, 11) is 0. The van der Waals surface area contributed by atoms with Gasteiger partial charge in [0, 0.05) is 19.1 Å². The summed E-state index contributed by atoms with van der Waals surface area (Å²) < 4.78 is 0. The van der Waals surface area contributed by atoms with Gasteiger partial charge in [0.15, 0.2) is 0 Å². The lowest BCUT2D eigenvalue weighted by Gasteiger charge is -2.39. The number of amides is 1. The molecular weight excluding hydrogens is 298 g/mol. The summed E-state index contributed by atoms with van der Waals surface area (Å²) in [5, 5.41) is 0. The van der Waals surface area contributed by atoms with Gasteiger partial charge < -0.3 is 10.6 Å². The zero-order valence-corrected chi connectivity index (χ0v) is 14.9. The van der Waals surface area contributed by atoms with E-state index < -0.39 is 0 Å².